The summed E-state index contributed by atoms with van der Waals surface area (Å²) in [7, 11) is 1.66. The number of nitrogens with zero attached hydrogens (tertiary/aromatic N) is 2. The molecule has 0 unspecified atom stereocenters. The molecule has 0 amide bonds. The van der Waals surface area contributed by atoms with E-state index >= 15 is 0 Å². The summed E-state index contributed by atoms with van der Waals surface area (Å²) in [6.45, 7) is 4.04. The van der Waals surface area contributed by atoms with E-state index in [1.165, 1.54) is 4.88 Å². The van der Waals surface area contributed by atoms with E-state index in [2.05, 4.69) is 9.97 Å². The van der Waals surface area contributed by atoms with Crippen LogP contribution in [-0.2, 0) is 0 Å². The van der Waals surface area contributed by atoms with E-state index in [1.54, 1.807) is 18.4 Å². The number of ether oxygens (including phenoxy) is 1. The van der Waals surface area contributed by atoms with E-state index in [-0.39, 0.29) is 0 Å². The van der Waals surface area contributed by atoms with E-state index in [9.17, 15) is 0 Å². The van der Waals surface area contributed by atoms with Gasteiger partial charge < -0.3 is 4.74 Å². The van der Waals surface area contributed by atoms with Gasteiger partial charge in [-0.3, -0.25) is 0 Å². The first-order valence-electron chi connectivity index (χ1n) is 6.17. The summed E-state index contributed by atoms with van der Waals surface area (Å²) in [6, 6.07) is 7.90. The first-order valence-corrected chi connectivity index (χ1v) is 7.36. The monoisotopic (exact) mass is 304 g/mol. The summed E-state index contributed by atoms with van der Waals surface area (Å²) >= 11 is 7.88. The Bertz CT molecular complexity index is 798. The summed E-state index contributed by atoms with van der Waals surface area (Å²) in [4.78, 5) is 11.1. The Balaban J connectivity index is 2.16. The van der Waals surface area contributed by atoms with Crippen LogP contribution < -0.4 is 4.74 Å². The van der Waals surface area contributed by atoms with Crippen LogP contribution in [0.5, 0.6) is 5.75 Å². The maximum absolute atomic E-state index is 6.25. The van der Waals surface area contributed by atoms with Gasteiger partial charge in [-0.25, -0.2) is 9.97 Å². The standard InChI is InChI=1S/C15H13ClN2OS/c1-8-6-10(4-5-12(8)19-3)14-17-13(16)11-7-9(2)20-15(11)18-14/h4-7H,1-3H3. The van der Waals surface area contributed by atoms with Gasteiger partial charge in [0, 0.05) is 15.8 Å². The van der Waals surface area contributed by atoms with Gasteiger partial charge in [0.15, 0.2) is 5.82 Å². The molecule has 0 spiro atoms. The third kappa shape index (κ3) is 2.25. The second-order valence-corrected chi connectivity index (χ2v) is 6.19. The Morgan fingerprint density at radius 3 is 2.65 bits per heavy atom. The first-order chi connectivity index (χ1) is 9.58. The molecule has 0 bridgehead atoms. The summed E-state index contributed by atoms with van der Waals surface area (Å²) in [6.07, 6.45) is 0. The fourth-order valence-corrected chi connectivity index (χ4v) is 3.31. The van der Waals surface area contributed by atoms with Crippen LogP contribution in [0.1, 0.15) is 10.4 Å². The number of fused-ring (bicyclic) bond motifs is 1. The van der Waals surface area contributed by atoms with Gasteiger partial charge in [-0.15, -0.1) is 11.3 Å². The minimum atomic E-state index is 0.503. The zero-order valence-electron chi connectivity index (χ0n) is 11.4. The number of aryl methyl sites for hydroxylation is 2. The molecule has 2 aromatic heterocycles. The van der Waals surface area contributed by atoms with Gasteiger partial charge in [0.2, 0.25) is 0 Å². The van der Waals surface area contributed by atoms with Crippen LogP contribution in [0, 0.1) is 13.8 Å². The second-order valence-electron chi connectivity index (χ2n) is 4.60. The average Bonchev–Trinajstić information content (AvgIpc) is 2.79. The zero-order chi connectivity index (χ0) is 14.3. The number of hydrogen-bond acceptors (Lipinski definition) is 4. The molecule has 5 heteroatoms. The largest absolute Gasteiger partial charge is 0.496 e. The van der Waals surface area contributed by atoms with Crippen molar-refractivity contribution in [2.24, 2.45) is 0 Å². The molecule has 20 heavy (non-hydrogen) atoms. The van der Waals surface area contributed by atoms with Crippen molar-refractivity contribution < 1.29 is 4.74 Å². The predicted octanol–water partition coefficient (Wildman–Crippen LogP) is 4.64. The van der Waals surface area contributed by atoms with Crippen LogP contribution in [0.2, 0.25) is 5.15 Å². The van der Waals surface area contributed by atoms with E-state index in [0.29, 0.717) is 11.0 Å². The van der Waals surface area contributed by atoms with Crippen molar-refractivity contribution >= 4 is 33.2 Å². The molecule has 0 saturated carbocycles. The molecule has 1 aromatic carbocycles. The molecule has 3 rings (SSSR count). The Morgan fingerprint density at radius 2 is 1.95 bits per heavy atom. The van der Waals surface area contributed by atoms with Crippen LogP contribution in [-0.4, -0.2) is 17.1 Å². The predicted molar refractivity (Wildman–Crippen MR) is 83.9 cm³/mol. The lowest BCUT2D eigenvalue weighted by molar-refractivity contribution is 0.412. The van der Waals surface area contributed by atoms with Crippen LogP contribution in [0.3, 0.4) is 0 Å². The summed E-state index contributed by atoms with van der Waals surface area (Å²) in [5, 5.41) is 1.42. The third-order valence-electron chi connectivity index (χ3n) is 3.12. The van der Waals surface area contributed by atoms with Crippen LogP contribution in [0.15, 0.2) is 24.3 Å². The van der Waals surface area contributed by atoms with Crippen molar-refractivity contribution in [3.8, 4) is 17.1 Å². The van der Waals surface area contributed by atoms with Crippen molar-refractivity contribution in [3.63, 3.8) is 0 Å². The third-order valence-corrected chi connectivity index (χ3v) is 4.35. The van der Waals surface area contributed by atoms with Crippen LogP contribution in [0.25, 0.3) is 21.6 Å². The molecule has 0 aliphatic rings. The Kier molecular flexibility index (Phi) is 3.36. The summed E-state index contributed by atoms with van der Waals surface area (Å²) in [5.41, 5.74) is 1.99. The first kappa shape index (κ1) is 13.3. The van der Waals surface area contributed by atoms with Gasteiger partial charge in [-0.05, 0) is 43.7 Å². The number of aromatic nitrogens is 2. The molecular formula is C15H13ClN2OS. The number of rotatable bonds is 2. The fraction of sp³-hybridized carbons (Fsp3) is 0.200. The molecule has 0 fully saturated rings. The second kappa shape index (κ2) is 5.04. The molecule has 0 aliphatic heterocycles. The Morgan fingerprint density at radius 1 is 1.15 bits per heavy atom. The molecule has 0 aliphatic carbocycles. The van der Waals surface area contributed by atoms with E-state index < -0.39 is 0 Å². The van der Waals surface area contributed by atoms with E-state index in [1.807, 2.05) is 38.1 Å². The van der Waals surface area contributed by atoms with Gasteiger partial charge >= 0.3 is 0 Å². The van der Waals surface area contributed by atoms with E-state index in [0.717, 1.165) is 27.1 Å². The summed E-state index contributed by atoms with van der Waals surface area (Å²) in [5.74, 6) is 1.50. The van der Waals surface area contributed by atoms with E-state index in [4.69, 9.17) is 16.3 Å². The molecule has 0 radical (unpaired) electrons. The minimum Gasteiger partial charge on any atom is -0.496 e. The number of halogens is 1. The lowest BCUT2D eigenvalue weighted by Gasteiger charge is -2.07. The quantitative estimate of drug-likeness (QED) is 0.647. The molecule has 0 N–H and O–H groups in total. The SMILES string of the molecule is COc1ccc(-c2nc(Cl)c3cc(C)sc3n2)cc1C. The highest BCUT2D eigenvalue weighted by atomic mass is 35.5. The molecule has 0 saturated heterocycles. The average molecular weight is 305 g/mol. The molecule has 102 valence electrons. The number of methoxy groups -OCH3 is 1. The minimum absolute atomic E-state index is 0.503. The number of thiophene rings is 1. The normalized spacial score (nSPS) is 11.0. The molecule has 3 nitrogen and oxygen atoms in total. The van der Waals surface area contributed by atoms with Crippen molar-refractivity contribution in [2.45, 2.75) is 13.8 Å². The van der Waals surface area contributed by atoms with Gasteiger partial charge in [0.25, 0.3) is 0 Å². The van der Waals surface area contributed by atoms with Crippen LogP contribution >= 0.6 is 22.9 Å². The van der Waals surface area contributed by atoms with Crippen molar-refractivity contribution in [3.05, 3.63) is 39.9 Å². The maximum Gasteiger partial charge on any atom is 0.162 e. The van der Waals surface area contributed by atoms with Crippen LogP contribution in [0.4, 0.5) is 0 Å². The lowest BCUT2D eigenvalue weighted by Crippen LogP contribution is -1.92. The van der Waals surface area contributed by atoms with Crippen molar-refractivity contribution in [1.29, 1.82) is 0 Å². The lowest BCUT2D eigenvalue weighted by atomic mass is 10.1. The highest BCUT2D eigenvalue weighted by molar-refractivity contribution is 7.18. The number of hydrogen-bond donors (Lipinski definition) is 0. The highest BCUT2D eigenvalue weighted by Gasteiger charge is 2.11. The molecule has 2 heterocycles. The Hall–Kier alpha value is -1.65. The molecular weight excluding hydrogens is 292 g/mol. The maximum atomic E-state index is 6.25. The zero-order valence-corrected chi connectivity index (χ0v) is 13.0. The number of benzene rings is 1. The van der Waals surface area contributed by atoms with Gasteiger partial charge in [-0.2, -0.15) is 0 Å². The van der Waals surface area contributed by atoms with Gasteiger partial charge in [0.1, 0.15) is 15.7 Å². The van der Waals surface area contributed by atoms with Crippen molar-refractivity contribution in [1.82, 2.24) is 9.97 Å². The fourth-order valence-electron chi connectivity index (χ4n) is 2.15. The summed E-state index contributed by atoms with van der Waals surface area (Å²) < 4.78 is 5.27. The molecule has 0 atom stereocenters. The van der Waals surface area contributed by atoms with Crippen molar-refractivity contribution in [2.75, 3.05) is 7.11 Å². The topological polar surface area (TPSA) is 35.0 Å². The van der Waals surface area contributed by atoms with Gasteiger partial charge in [-0.1, -0.05) is 11.6 Å². The molecule has 3 aromatic rings. The smallest absolute Gasteiger partial charge is 0.162 e. The highest BCUT2D eigenvalue weighted by Crippen LogP contribution is 2.31. The Labute approximate surface area is 126 Å². The van der Waals surface area contributed by atoms with Gasteiger partial charge in [0.05, 0.1) is 7.11 Å².